The average Bonchev–Trinajstić information content (AvgIpc) is 3.63. The molecule has 0 aliphatic carbocycles. The van der Waals surface area contributed by atoms with Gasteiger partial charge in [-0.1, -0.05) is 30.7 Å². The number of nitrogens with zero attached hydrogens (tertiary/aromatic N) is 6. The number of piperazine rings is 1. The maximum atomic E-state index is 14.3. The van der Waals surface area contributed by atoms with Gasteiger partial charge in [0.2, 0.25) is 17.1 Å². The van der Waals surface area contributed by atoms with Crippen LogP contribution in [-0.2, 0) is 28.7 Å². The first-order valence-corrected chi connectivity index (χ1v) is 17.5. The van der Waals surface area contributed by atoms with Gasteiger partial charge in [-0.2, -0.15) is 22.7 Å². The molecule has 5 aromatic rings. The quantitative estimate of drug-likeness (QED) is 0.234. The number of aromatic nitrogens is 5. The zero-order valence-corrected chi connectivity index (χ0v) is 29.9. The predicted octanol–water partition coefficient (Wildman–Crippen LogP) is 4.38. The third kappa shape index (κ3) is 6.80. The number of alkyl halides is 3. The minimum atomic E-state index is -4.62. The number of H-pyrrole nitrogens is 1. The minimum absolute atomic E-state index is 0.0234. The molecule has 0 saturated carbocycles. The molecule has 0 spiro atoms. The highest BCUT2D eigenvalue weighted by molar-refractivity contribution is 6.33. The molecule has 2 aromatic carbocycles. The molecule has 2 aliphatic rings. The van der Waals surface area contributed by atoms with Crippen LogP contribution in [0.25, 0.3) is 22.3 Å². The summed E-state index contributed by atoms with van der Waals surface area (Å²) in [4.78, 5) is 65.8. The number of halogens is 4. The van der Waals surface area contributed by atoms with E-state index in [2.05, 4.69) is 20.4 Å². The van der Waals surface area contributed by atoms with Crippen molar-refractivity contribution in [2.75, 3.05) is 56.7 Å². The number of ether oxygens (including phenoxy) is 2. The van der Waals surface area contributed by atoms with Crippen molar-refractivity contribution >= 4 is 57.0 Å². The van der Waals surface area contributed by atoms with Gasteiger partial charge < -0.3 is 34.1 Å². The number of aromatic amines is 1. The van der Waals surface area contributed by atoms with Crippen molar-refractivity contribution in [2.45, 2.75) is 32.5 Å². The molecular formula is C36H34ClF3N8O6. The lowest BCUT2D eigenvalue weighted by atomic mass is 10.1. The summed E-state index contributed by atoms with van der Waals surface area (Å²) in [6.45, 7) is 3.01. The van der Waals surface area contributed by atoms with Crippen LogP contribution in [0.5, 0.6) is 5.75 Å². The van der Waals surface area contributed by atoms with Crippen LogP contribution in [0.4, 0.5) is 24.5 Å². The second-order valence-electron chi connectivity index (χ2n) is 12.7. The summed E-state index contributed by atoms with van der Waals surface area (Å²) in [6.07, 6.45) is -0.630. The van der Waals surface area contributed by atoms with Crippen LogP contribution in [-0.4, -0.2) is 87.4 Å². The van der Waals surface area contributed by atoms with Gasteiger partial charge in [-0.3, -0.25) is 19.2 Å². The Balaban J connectivity index is 1.21. The number of pyridine rings is 1. The molecule has 3 aromatic heterocycles. The fraction of sp³-hybridized carbons (Fsp3) is 0.333. The minimum Gasteiger partial charge on any atom is -0.495 e. The largest absolute Gasteiger partial charge is 0.495 e. The molecule has 0 atom stereocenters. The van der Waals surface area contributed by atoms with Crippen molar-refractivity contribution in [1.82, 2.24) is 29.0 Å². The van der Waals surface area contributed by atoms with E-state index in [1.165, 1.54) is 13.3 Å². The van der Waals surface area contributed by atoms with Gasteiger partial charge >= 0.3 is 6.18 Å². The number of para-hydroxylation sites is 1. The molecule has 2 amide bonds. The van der Waals surface area contributed by atoms with E-state index in [0.717, 1.165) is 28.3 Å². The van der Waals surface area contributed by atoms with Gasteiger partial charge in [0.15, 0.2) is 5.82 Å². The second kappa shape index (κ2) is 14.6. The number of methoxy groups -OCH3 is 1. The number of nitrogens with one attached hydrogen (secondary N) is 2. The molecule has 1 fully saturated rings. The summed E-state index contributed by atoms with van der Waals surface area (Å²) in [5.41, 5.74) is 0.0337. The Kier molecular flexibility index (Phi) is 9.93. The van der Waals surface area contributed by atoms with Gasteiger partial charge in [-0.25, -0.2) is 0 Å². The summed E-state index contributed by atoms with van der Waals surface area (Å²) in [7, 11) is 1.49. The summed E-state index contributed by atoms with van der Waals surface area (Å²) >= 11 is 6.13. The summed E-state index contributed by atoms with van der Waals surface area (Å²) < 4.78 is 53.1. The van der Waals surface area contributed by atoms with Crippen molar-refractivity contribution in [3.63, 3.8) is 0 Å². The number of hydrogen-bond donors (Lipinski definition) is 2. The molecule has 7 rings (SSSR count). The Morgan fingerprint density at radius 2 is 1.89 bits per heavy atom. The molecule has 0 bridgehead atoms. The maximum absolute atomic E-state index is 14.3. The maximum Gasteiger partial charge on any atom is 0.416 e. The third-order valence-electron chi connectivity index (χ3n) is 9.49. The molecule has 1 saturated heterocycles. The number of anilines is 2. The van der Waals surface area contributed by atoms with Gasteiger partial charge in [-0.15, -0.1) is 5.10 Å². The molecule has 282 valence electrons. The predicted molar refractivity (Wildman–Crippen MR) is 194 cm³/mol. The van der Waals surface area contributed by atoms with Crippen LogP contribution in [0.3, 0.4) is 0 Å². The number of carbonyl (C=O) groups is 2. The summed E-state index contributed by atoms with van der Waals surface area (Å²) in [6, 6.07) is 7.62. The topological polar surface area (TPSA) is 156 Å². The number of rotatable bonds is 8. The van der Waals surface area contributed by atoms with Crippen LogP contribution < -0.4 is 25.9 Å². The molecule has 5 heterocycles. The van der Waals surface area contributed by atoms with E-state index in [1.807, 2.05) is 17.9 Å². The zero-order valence-electron chi connectivity index (χ0n) is 29.1. The van der Waals surface area contributed by atoms with Crippen LogP contribution >= 0.6 is 11.6 Å². The number of fused-ring (bicyclic) bond motifs is 2. The summed E-state index contributed by atoms with van der Waals surface area (Å²) in [5, 5.41) is 7.14. The zero-order chi connectivity index (χ0) is 38.3. The highest BCUT2D eigenvalue weighted by atomic mass is 35.5. The molecule has 14 nitrogen and oxygen atoms in total. The van der Waals surface area contributed by atoms with E-state index >= 15 is 0 Å². The first-order valence-electron chi connectivity index (χ1n) is 17.1. The van der Waals surface area contributed by atoms with E-state index in [1.54, 1.807) is 27.7 Å². The van der Waals surface area contributed by atoms with Crippen LogP contribution in [0.1, 0.15) is 40.8 Å². The van der Waals surface area contributed by atoms with Gasteiger partial charge in [-0.05, 0) is 48.7 Å². The molecular weight excluding hydrogens is 733 g/mol. The Morgan fingerprint density at radius 1 is 1.11 bits per heavy atom. The Bertz CT molecular complexity index is 2450. The van der Waals surface area contributed by atoms with Crippen molar-refractivity contribution in [1.29, 1.82) is 0 Å². The standard InChI is InChI=1S/C36H34ClF3N8O6/c1-3-26-30(45-11-13-46(14-12-45)33(51)23-18-41-29-22(31(23)50)5-4-6-27(29)53-2)34(52)48-35(43-32(44-48)20-9-15-54-16-10-20)47(26)19-28(49)42-25-8-7-21(17-24(25)37)36(38,39)40/h4-9,17-18H,3,10-16,19H2,1-2H3,(H,41,50)(H,42,49). The molecule has 0 radical (unpaired) electrons. The second-order valence-corrected chi connectivity index (χ2v) is 13.1. The smallest absolute Gasteiger partial charge is 0.416 e. The fourth-order valence-electron chi connectivity index (χ4n) is 6.78. The van der Waals surface area contributed by atoms with E-state index in [-0.39, 0.29) is 66.9 Å². The first-order chi connectivity index (χ1) is 25.9. The molecule has 18 heteroatoms. The highest BCUT2D eigenvalue weighted by Gasteiger charge is 2.32. The Hall–Kier alpha value is -5.68. The van der Waals surface area contributed by atoms with Crippen molar-refractivity contribution in [3.05, 3.63) is 96.9 Å². The fourth-order valence-corrected chi connectivity index (χ4v) is 7.01. The number of amides is 2. The van der Waals surface area contributed by atoms with Crippen molar-refractivity contribution < 1.29 is 32.2 Å². The number of hydrogen-bond acceptors (Lipinski definition) is 9. The number of carbonyl (C=O) groups excluding carboxylic acids is 2. The van der Waals surface area contributed by atoms with Crippen molar-refractivity contribution in [2.24, 2.45) is 0 Å². The average molecular weight is 767 g/mol. The SMILES string of the molecule is CCc1c(N2CCN(C(=O)c3c[nH]c4c(OC)cccc4c3=O)CC2)c(=O)n2nc(C3=CCOCC3)nc2n1CC(=O)Nc1ccc(C(F)(F)F)cc1Cl. The normalized spacial score (nSPS) is 15.1. The lowest BCUT2D eigenvalue weighted by Gasteiger charge is -2.36. The summed E-state index contributed by atoms with van der Waals surface area (Å²) in [5.74, 6) is -0.239. The Labute approximate surface area is 309 Å². The first kappa shape index (κ1) is 36.7. The monoisotopic (exact) mass is 766 g/mol. The molecule has 54 heavy (non-hydrogen) atoms. The van der Waals surface area contributed by atoms with E-state index in [4.69, 9.17) is 21.1 Å². The van der Waals surface area contributed by atoms with Gasteiger partial charge in [0, 0.05) is 32.4 Å². The lowest BCUT2D eigenvalue weighted by Crippen LogP contribution is -2.51. The van der Waals surface area contributed by atoms with Gasteiger partial charge in [0.25, 0.3) is 11.5 Å². The Morgan fingerprint density at radius 3 is 2.56 bits per heavy atom. The highest BCUT2D eigenvalue weighted by Crippen LogP contribution is 2.34. The molecule has 2 N–H and O–H groups in total. The van der Waals surface area contributed by atoms with E-state index < -0.39 is 34.5 Å². The molecule has 2 aliphatic heterocycles. The van der Waals surface area contributed by atoms with E-state index in [0.29, 0.717) is 47.8 Å². The van der Waals surface area contributed by atoms with Crippen LogP contribution in [0.2, 0.25) is 5.02 Å². The van der Waals surface area contributed by atoms with E-state index in [9.17, 15) is 32.3 Å². The lowest BCUT2D eigenvalue weighted by molar-refractivity contribution is -0.137. The van der Waals surface area contributed by atoms with Crippen LogP contribution in [0, 0.1) is 0 Å². The van der Waals surface area contributed by atoms with Crippen molar-refractivity contribution in [3.8, 4) is 5.75 Å². The van der Waals surface area contributed by atoms with Gasteiger partial charge in [0.05, 0.1) is 53.2 Å². The van der Waals surface area contributed by atoms with Crippen LogP contribution in [0.15, 0.2) is 58.3 Å². The third-order valence-corrected chi connectivity index (χ3v) is 9.81. The number of benzene rings is 2. The van der Waals surface area contributed by atoms with Gasteiger partial charge in [0.1, 0.15) is 23.5 Å². The molecule has 0 unspecified atom stereocenters.